The Balaban J connectivity index is 1.69. The third-order valence-corrected chi connectivity index (χ3v) is 6.86. The number of para-hydroxylation sites is 1. The molecule has 0 radical (unpaired) electrons. The predicted octanol–water partition coefficient (Wildman–Crippen LogP) is 2.95. The third-order valence-electron chi connectivity index (χ3n) is 4.32. The van der Waals surface area contributed by atoms with E-state index in [4.69, 9.17) is 32.7 Å². The van der Waals surface area contributed by atoms with Crippen molar-refractivity contribution in [1.29, 1.82) is 0 Å². The number of carbonyl (C=O) groups excluding carboxylic acids is 2. The monoisotopic (exact) mass is 490 g/mol. The van der Waals surface area contributed by atoms with Gasteiger partial charge in [0.25, 0.3) is 5.91 Å². The van der Waals surface area contributed by atoms with E-state index in [1.807, 2.05) is 0 Å². The van der Waals surface area contributed by atoms with Gasteiger partial charge in [0.1, 0.15) is 10.7 Å². The van der Waals surface area contributed by atoms with Crippen molar-refractivity contribution in [2.45, 2.75) is 4.90 Å². The Morgan fingerprint density at radius 1 is 1.13 bits per heavy atom. The fourth-order valence-electron chi connectivity index (χ4n) is 2.76. The van der Waals surface area contributed by atoms with E-state index in [-0.39, 0.29) is 47.6 Å². The highest BCUT2D eigenvalue weighted by Gasteiger charge is 2.30. The molecule has 1 aliphatic rings. The summed E-state index contributed by atoms with van der Waals surface area (Å²) >= 11 is 11.9. The largest absolute Gasteiger partial charge is 0.452 e. The lowest BCUT2D eigenvalue weighted by Gasteiger charge is -2.26. The van der Waals surface area contributed by atoms with E-state index in [9.17, 15) is 22.4 Å². The number of carbonyl (C=O) groups is 2. The number of anilines is 1. The number of nitrogens with zero attached hydrogens (tertiary/aromatic N) is 1. The minimum atomic E-state index is -4.17. The van der Waals surface area contributed by atoms with Crippen LogP contribution in [0.15, 0.2) is 41.3 Å². The van der Waals surface area contributed by atoms with Crippen LogP contribution in [-0.2, 0) is 24.3 Å². The molecular formula is C19H17Cl2FN2O6S. The summed E-state index contributed by atoms with van der Waals surface area (Å²) in [5.74, 6) is -2.72. The Morgan fingerprint density at radius 3 is 2.42 bits per heavy atom. The van der Waals surface area contributed by atoms with Crippen LogP contribution in [0.1, 0.15) is 10.4 Å². The molecular weight excluding hydrogens is 474 g/mol. The summed E-state index contributed by atoms with van der Waals surface area (Å²) in [7, 11) is -4.17. The number of ether oxygens (including phenoxy) is 2. The van der Waals surface area contributed by atoms with Crippen molar-refractivity contribution in [3.05, 3.63) is 57.8 Å². The summed E-state index contributed by atoms with van der Waals surface area (Å²) < 4.78 is 50.7. The first kappa shape index (κ1) is 23.4. The van der Waals surface area contributed by atoms with Crippen LogP contribution in [0.3, 0.4) is 0 Å². The van der Waals surface area contributed by atoms with E-state index < -0.39 is 39.2 Å². The summed E-state index contributed by atoms with van der Waals surface area (Å²) in [5, 5.41) is 2.81. The smallest absolute Gasteiger partial charge is 0.338 e. The minimum Gasteiger partial charge on any atom is -0.452 e. The molecule has 1 saturated heterocycles. The number of amides is 1. The number of sulfonamides is 1. The van der Waals surface area contributed by atoms with Gasteiger partial charge in [0.15, 0.2) is 6.61 Å². The number of halogens is 3. The van der Waals surface area contributed by atoms with Crippen LogP contribution in [0.4, 0.5) is 10.1 Å². The number of hydrogen-bond donors (Lipinski definition) is 1. The minimum absolute atomic E-state index is 0.0707. The first-order chi connectivity index (χ1) is 14.7. The standard InChI is InChI=1S/C19H17Cl2FN2O6S/c20-13-2-1-3-14(21)18(13)23-17(25)11-30-19(26)12-4-5-15(22)16(10-12)31(27,28)24-6-8-29-9-7-24/h1-5,10H,6-9,11H2,(H,23,25). The van der Waals surface area contributed by atoms with Crippen molar-refractivity contribution in [1.82, 2.24) is 4.31 Å². The molecule has 8 nitrogen and oxygen atoms in total. The second kappa shape index (κ2) is 9.92. The van der Waals surface area contributed by atoms with Gasteiger partial charge in [-0.25, -0.2) is 17.6 Å². The zero-order valence-corrected chi connectivity index (χ0v) is 18.3. The van der Waals surface area contributed by atoms with Crippen LogP contribution in [0.5, 0.6) is 0 Å². The van der Waals surface area contributed by atoms with Gasteiger partial charge < -0.3 is 14.8 Å². The van der Waals surface area contributed by atoms with E-state index in [2.05, 4.69) is 5.32 Å². The highest BCUT2D eigenvalue weighted by molar-refractivity contribution is 7.89. The third kappa shape index (κ3) is 5.52. The van der Waals surface area contributed by atoms with Crippen LogP contribution < -0.4 is 5.32 Å². The van der Waals surface area contributed by atoms with Gasteiger partial charge in [-0.05, 0) is 30.3 Å². The lowest BCUT2D eigenvalue weighted by Crippen LogP contribution is -2.41. The van der Waals surface area contributed by atoms with Gasteiger partial charge in [0.2, 0.25) is 10.0 Å². The van der Waals surface area contributed by atoms with Crippen molar-refractivity contribution < 1.29 is 31.9 Å². The van der Waals surface area contributed by atoms with Crippen LogP contribution >= 0.6 is 23.2 Å². The second-order valence-corrected chi connectivity index (χ2v) is 9.10. The van der Waals surface area contributed by atoms with E-state index in [1.165, 1.54) is 12.1 Å². The number of benzene rings is 2. The zero-order valence-electron chi connectivity index (χ0n) is 15.9. The maximum Gasteiger partial charge on any atom is 0.338 e. The molecule has 0 aromatic heterocycles. The molecule has 1 N–H and O–H groups in total. The molecule has 0 spiro atoms. The molecule has 1 amide bonds. The lowest BCUT2D eigenvalue weighted by atomic mass is 10.2. The summed E-state index contributed by atoms with van der Waals surface area (Å²) in [6, 6.07) is 7.43. The van der Waals surface area contributed by atoms with Crippen molar-refractivity contribution >= 4 is 50.8 Å². The Bertz CT molecular complexity index is 1090. The summed E-state index contributed by atoms with van der Waals surface area (Å²) in [6.07, 6.45) is 0. The van der Waals surface area contributed by atoms with E-state index in [1.54, 1.807) is 6.07 Å². The molecule has 1 heterocycles. The topological polar surface area (TPSA) is 102 Å². The molecule has 2 aromatic carbocycles. The zero-order chi connectivity index (χ0) is 22.6. The van der Waals surface area contributed by atoms with Gasteiger partial charge in [-0.2, -0.15) is 4.31 Å². The molecule has 1 aliphatic heterocycles. The number of morpholine rings is 1. The highest BCUT2D eigenvalue weighted by atomic mass is 35.5. The molecule has 3 rings (SSSR count). The van der Waals surface area contributed by atoms with Crippen LogP contribution in [0, 0.1) is 5.82 Å². The summed E-state index contributed by atoms with van der Waals surface area (Å²) in [4.78, 5) is 23.7. The molecule has 0 unspecified atom stereocenters. The SMILES string of the molecule is O=C(COC(=O)c1ccc(F)c(S(=O)(=O)N2CCOCC2)c1)Nc1c(Cl)cccc1Cl. The fourth-order valence-corrected chi connectivity index (χ4v) is 4.75. The number of rotatable bonds is 6. The van der Waals surface area contributed by atoms with Crippen LogP contribution in [-0.4, -0.2) is 57.5 Å². The molecule has 0 atom stereocenters. The lowest BCUT2D eigenvalue weighted by molar-refractivity contribution is -0.119. The maximum atomic E-state index is 14.2. The summed E-state index contributed by atoms with van der Waals surface area (Å²) in [6.45, 7) is -0.175. The molecule has 0 aliphatic carbocycles. The molecule has 166 valence electrons. The van der Waals surface area contributed by atoms with Crippen LogP contribution in [0.25, 0.3) is 0 Å². The van der Waals surface area contributed by atoms with E-state index >= 15 is 0 Å². The van der Waals surface area contributed by atoms with Crippen molar-refractivity contribution in [2.75, 3.05) is 38.2 Å². The Morgan fingerprint density at radius 2 is 1.77 bits per heavy atom. The Hall–Kier alpha value is -2.24. The van der Waals surface area contributed by atoms with Gasteiger partial charge in [-0.15, -0.1) is 0 Å². The number of hydrogen-bond acceptors (Lipinski definition) is 6. The predicted molar refractivity (Wildman–Crippen MR) is 111 cm³/mol. The second-order valence-electron chi connectivity index (χ2n) is 6.38. The average molecular weight is 491 g/mol. The highest BCUT2D eigenvalue weighted by Crippen LogP contribution is 2.29. The molecule has 1 fully saturated rings. The molecule has 31 heavy (non-hydrogen) atoms. The van der Waals surface area contributed by atoms with Gasteiger partial charge in [-0.1, -0.05) is 29.3 Å². The average Bonchev–Trinajstić information content (AvgIpc) is 2.75. The van der Waals surface area contributed by atoms with Gasteiger partial charge in [0.05, 0.1) is 34.5 Å². The Kier molecular flexibility index (Phi) is 7.50. The fraction of sp³-hybridized carbons (Fsp3) is 0.263. The van der Waals surface area contributed by atoms with Crippen LogP contribution in [0.2, 0.25) is 10.0 Å². The van der Waals surface area contributed by atoms with Crippen molar-refractivity contribution in [3.8, 4) is 0 Å². The first-order valence-corrected chi connectivity index (χ1v) is 11.2. The van der Waals surface area contributed by atoms with Crippen molar-refractivity contribution in [2.24, 2.45) is 0 Å². The number of nitrogens with one attached hydrogen (secondary N) is 1. The van der Waals surface area contributed by atoms with E-state index in [0.717, 1.165) is 22.5 Å². The quantitative estimate of drug-likeness (QED) is 0.624. The molecule has 12 heteroatoms. The molecule has 0 bridgehead atoms. The van der Waals surface area contributed by atoms with Gasteiger partial charge in [-0.3, -0.25) is 4.79 Å². The Labute approximate surface area is 187 Å². The van der Waals surface area contributed by atoms with E-state index in [0.29, 0.717) is 0 Å². The summed E-state index contributed by atoms with van der Waals surface area (Å²) in [5.41, 5.74) is -0.0654. The first-order valence-electron chi connectivity index (χ1n) is 8.98. The van der Waals surface area contributed by atoms with Gasteiger partial charge in [0, 0.05) is 13.1 Å². The number of esters is 1. The normalized spacial score (nSPS) is 14.8. The molecule has 2 aromatic rings. The molecule has 0 saturated carbocycles. The van der Waals surface area contributed by atoms with Gasteiger partial charge >= 0.3 is 5.97 Å². The maximum absolute atomic E-state index is 14.2. The van der Waals surface area contributed by atoms with Crippen molar-refractivity contribution in [3.63, 3.8) is 0 Å².